The molecule has 0 spiro atoms. The number of nitrogens with zero attached hydrogens (tertiary/aromatic N) is 1. The zero-order valence-corrected chi connectivity index (χ0v) is 32.0. The van der Waals surface area contributed by atoms with Crippen LogP contribution in [0.15, 0.2) is 54.8 Å². The SMILES string of the molecule is C=C1CN(CCCC(=O)[C@]23CC[C@@H](C(=C)C)[C@@H]2[C@H]2CC[C@@H]4[C@@]5(C)CC=C(c6ccc(C(=O)O)cc6)C(C)(C)[C@@H]5CC[C@@]4(C)[C@]2(C)CC3)CCN1. The molecular formula is C45H64N2O3. The molecule has 5 fully saturated rings. The Labute approximate surface area is 302 Å². The Morgan fingerprint density at radius 3 is 2.36 bits per heavy atom. The topological polar surface area (TPSA) is 69.6 Å². The van der Waals surface area contributed by atoms with Crippen LogP contribution in [0.3, 0.4) is 0 Å². The van der Waals surface area contributed by atoms with E-state index in [1.54, 1.807) is 12.1 Å². The van der Waals surface area contributed by atoms with E-state index < -0.39 is 5.97 Å². The number of hydrogen-bond donors (Lipinski definition) is 2. The molecule has 4 saturated carbocycles. The first-order valence-corrected chi connectivity index (χ1v) is 20.0. The fourth-order valence-electron chi connectivity index (χ4n) is 14.2. The number of rotatable bonds is 8. The molecule has 0 unspecified atom stereocenters. The minimum absolute atomic E-state index is 0.000585. The van der Waals surface area contributed by atoms with E-state index in [0.29, 0.717) is 47.4 Å². The maximum Gasteiger partial charge on any atom is 0.335 e. The van der Waals surface area contributed by atoms with Crippen LogP contribution in [-0.2, 0) is 4.79 Å². The van der Waals surface area contributed by atoms with E-state index in [1.807, 2.05) is 12.1 Å². The molecule has 5 nitrogen and oxygen atoms in total. The summed E-state index contributed by atoms with van der Waals surface area (Å²) in [4.78, 5) is 28.6. The lowest BCUT2D eigenvalue weighted by atomic mass is 9.32. The summed E-state index contributed by atoms with van der Waals surface area (Å²) in [5.74, 6) is 2.36. The number of carbonyl (C=O) groups is 2. The summed E-state index contributed by atoms with van der Waals surface area (Å²) in [6.45, 7) is 27.7. The number of piperazine rings is 1. The highest BCUT2D eigenvalue weighted by Gasteiger charge is 2.71. The molecule has 0 bridgehead atoms. The molecule has 1 aromatic rings. The Bertz CT molecular complexity index is 1590. The summed E-state index contributed by atoms with van der Waals surface area (Å²) >= 11 is 0. The average molecular weight is 681 g/mol. The standard InChI is InChI=1S/C45H64N2O3/c1-29(2)33-17-22-45(38(48)10-9-26-47-27-25-46-30(3)28-47)24-23-43(7)35(39(33)45)15-16-37-42(6)20-18-34(31-11-13-32(14-12-31)40(49)50)41(4,5)36(42)19-21-44(37,43)8/h11-14,18,33,35-37,39,46H,1,3,9-10,15-17,19-28H2,2,4-8H3,(H,49,50)/t33-,35+,36-,37+,39+,42-,43+,44+,45+/m0/s1. The van der Waals surface area contributed by atoms with E-state index in [4.69, 9.17) is 0 Å². The normalized spacial score (nSPS) is 40.7. The number of carboxylic acid groups (broad SMARTS) is 1. The molecule has 1 aliphatic heterocycles. The van der Waals surface area contributed by atoms with Crippen LogP contribution in [-0.4, -0.2) is 47.9 Å². The zero-order chi connectivity index (χ0) is 35.9. The molecule has 1 heterocycles. The highest BCUT2D eigenvalue weighted by atomic mass is 16.4. The highest BCUT2D eigenvalue weighted by Crippen LogP contribution is 2.78. The van der Waals surface area contributed by atoms with Gasteiger partial charge in [0.25, 0.3) is 0 Å². The van der Waals surface area contributed by atoms with Crippen LogP contribution in [0.25, 0.3) is 5.57 Å². The van der Waals surface area contributed by atoms with Gasteiger partial charge in [0.1, 0.15) is 5.78 Å². The van der Waals surface area contributed by atoms with E-state index in [1.165, 1.54) is 48.8 Å². The number of ketones is 1. The number of carbonyl (C=O) groups excluding carboxylic acids is 1. The maximum atomic E-state index is 14.6. The molecule has 272 valence electrons. The van der Waals surface area contributed by atoms with E-state index in [-0.39, 0.29) is 27.1 Å². The van der Waals surface area contributed by atoms with Crippen molar-refractivity contribution in [1.82, 2.24) is 10.2 Å². The second-order valence-electron chi connectivity index (χ2n) is 19.1. The summed E-state index contributed by atoms with van der Waals surface area (Å²) in [6.07, 6.45) is 14.7. The molecule has 0 amide bonds. The Balaban J connectivity index is 1.15. The monoisotopic (exact) mass is 680 g/mol. The fourth-order valence-corrected chi connectivity index (χ4v) is 14.2. The smallest absolute Gasteiger partial charge is 0.335 e. The molecule has 1 aromatic carbocycles. The van der Waals surface area contributed by atoms with E-state index in [2.05, 4.69) is 71.0 Å². The van der Waals surface area contributed by atoms with Crippen LogP contribution in [0.5, 0.6) is 0 Å². The quantitative estimate of drug-likeness (QED) is 0.268. The summed E-state index contributed by atoms with van der Waals surface area (Å²) in [5.41, 5.74) is 5.78. The first kappa shape index (κ1) is 35.7. The second-order valence-corrected chi connectivity index (χ2v) is 19.1. The Kier molecular flexibility index (Phi) is 8.92. The largest absolute Gasteiger partial charge is 0.478 e. The third-order valence-electron chi connectivity index (χ3n) is 16.7. The van der Waals surface area contributed by atoms with Gasteiger partial charge in [0, 0.05) is 37.2 Å². The lowest BCUT2D eigenvalue weighted by Gasteiger charge is -2.72. The first-order chi connectivity index (χ1) is 23.6. The second kappa shape index (κ2) is 12.5. The lowest BCUT2D eigenvalue weighted by molar-refractivity contribution is -0.224. The molecule has 2 N–H and O–H groups in total. The summed E-state index contributed by atoms with van der Waals surface area (Å²) in [6, 6.07) is 7.58. The Morgan fingerprint density at radius 2 is 1.68 bits per heavy atom. The van der Waals surface area contributed by atoms with Crippen LogP contribution in [0.2, 0.25) is 0 Å². The summed E-state index contributed by atoms with van der Waals surface area (Å²) in [5, 5.41) is 12.9. The Hall–Kier alpha value is -2.66. The van der Waals surface area contributed by atoms with Gasteiger partial charge in [-0.15, -0.1) is 0 Å². The van der Waals surface area contributed by atoms with Crippen LogP contribution in [0, 0.1) is 56.7 Å². The van der Waals surface area contributed by atoms with Crippen molar-refractivity contribution in [1.29, 1.82) is 0 Å². The highest BCUT2D eigenvalue weighted by molar-refractivity contribution is 5.88. The number of fused-ring (bicyclic) bond motifs is 7. The molecule has 9 atom stereocenters. The summed E-state index contributed by atoms with van der Waals surface area (Å²) in [7, 11) is 0. The molecule has 5 heteroatoms. The fraction of sp³-hybridized carbons (Fsp3) is 0.689. The average Bonchev–Trinajstić information content (AvgIpc) is 3.46. The lowest BCUT2D eigenvalue weighted by Crippen LogP contribution is -2.65. The van der Waals surface area contributed by atoms with Crippen molar-refractivity contribution in [2.45, 2.75) is 112 Å². The minimum atomic E-state index is -0.870. The van der Waals surface area contributed by atoms with Crippen LogP contribution in [0.1, 0.15) is 128 Å². The summed E-state index contributed by atoms with van der Waals surface area (Å²) < 4.78 is 0. The molecular weight excluding hydrogens is 617 g/mol. The molecule has 0 aromatic heterocycles. The van der Waals surface area contributed by atoms with Gasteiger partial charge in [0.15, 0.2) is 0 Å². The van der Waals surface area contributed by atoms with Crippen molar-refractivity contribution in [2.75, 3.05) is 26.2 Å². The van der Waals surface area contributed by atoms with Gasteiger partial charge in [-0.1, -0.05) is 71.6 Å². The zero-order valence-electron chi connectivity index (χ0n) is 32.0. The van der Waals surface area contributed by atoms with Gasteiger partial charge in [0.2, 0.25) is 0 Å². The van der Waals surface area contributed by atoms with Crippen molar-refractivity contribution in [2.24, 2.45) is 56.7 Å². The van der Waals surface area contributed by atoms with Crippen LogP contribution in [0.4, 0.5) is 0 Å². The van der Waals surface area contributed by atoms with Crippen molar-refractivity contribution >= 4 is 17.3 Å². The molecule has 50 heavy (non-hydrogen) atoms. The van der Waals surface area contributed by atoms with Crippen LogP contribution < -0.4 is 5.32 Å². The number of allylic oxidation sites excluding steroid dienone is 3. The number of carboxylic acids is 1. The Morgan fingerprint density at radius 1 is 0.940 bits per heavy atom. The molecule has 6 aliphatic rings. The van der Waals surface area contributed by atoms with Gasteiger partial charge in [-0.3, -0.25) is 9.69 Å². The predicted molar refractivity (Wildman–Crippen MR) is 204 cm³/mol. The van der Waals surface area contributed by atoms with Crippen molar-refractivity contribution < 1.29 is 14.7 Å². The van der Waals surface area contributed by atoms with E-state index in [9.17, 15) is 14.7 Å². The number of nitrogens with one attached hydrogen (secondary N) is 1. The van der Waals surface area contributed by atoms with Crippen molar-refractivity contribution in [3.8, 4) is 0 Å². The molecule has 7 rings (SSSR count). The van der Waals surface area contributed by atoms with Gasteiger partial charge in [0.05, 0.1) is 5.56 Å². The molecule has 1 saturated heterocycles. The van der Waals surface area contributed by atoms with E-state index in [0.717, 1.165) is 64.0 Å². The third kappa shape index (κ3) is 5.25. The van der Waals surface area contributed by atoms with Crippen molar-refractivity contribution in [3.63, 3.8) is 0 Å². The van der Waals surface area contributed by atoms with Gasteiger partial charge >= 0.3 is 5.97 Å². The van der Waals surface area contributed by atoms with Gasteiger partial charge in [-0.2, -0.15) is 0 Å². The minimum Gasteiger partial charge on any atom is -0.478 e. The van der Waals surface area contributed by atoms with Crippen molar-refractivity contribution in [3.05, 3.63) is 65.9 Å². The number of aromatic carboxylic acids is 1. The van der Waals surface area contributed by atoms with Gasteiger partial charge in [-0.25, -0.2) is 4.79 Å². The maximum absolute atomic E-state index is 14.6. The third-order valence-corrected chi connectivity index (χ3v) is 16.7. The van der Waals surface area contributed by atoms with Gasteiger partial charge < -0.3 is 10.4 Å². The predicted octanol–water partition coefficient (Wildman–Crippen LogP) is 9.80. The van der Waals surface area contributed by atoms with Crippen LogP contribution >= 0.6 is 0 Å². The first-order valence-electron chi connectivity index (χ1n) is 20.0. The number of Topliss-reactive ketones (excluding diaryl/α,β-unsaturated/α-hetero) is 1. The molecule has 0 radical (unpaired) electrons. The van der Waals surface area contributed by atoms with Gasteiger partial charge in [-0.05, 0) is 152 Å². The number of hydrogen-bond acceptors (Lipinski definition) is 4. The van der Waals surface area contributed by atoms with E-state index >= 15 is 0 Å². The number of benzene rings is 1. The molecule has 5 aliphatic carbocycles.